The molecule has 130 valence electrons. The highest BCUT2D eigenvalue weighted by Crippen LogP contribution is 2.36. The van der Waals surface area contributed by atoms with Gasteiger partial charge in [0.05, 0.1) is 10.4 Å². The van der Waals surface area contributed by atoms with Gasteiger partial charge in [0.15, 0.2) is 5.82 Å². The lowest BCUT2D eigenvalue weighted by Gasteiger charge is -2.30. The lowest BCUT2D eigenvalue weighted by atomic mass is 9.91. The summed E-state index contributed by atoms with van der Waals surface area (Å²) in [7, 11) is -3.70. The summed E-state index contributed by atoms with van der Waals surface area (Å²) in [5, 5.41) is 4.03. The normalized spacial score (nSPS) is 18.2. The maximum Gasteiger partial charge on any atom is 0.241 e. The molecule has 3 rings (SSSR count). The van der Waals surface area contributed by atoms with E-state index in [2.05, 4.69) is 30.8 Å². The molecule has 0 amide bonds. The molecule has 1 aliphatic carbocycles. The highest BCUT2D eigenvalue weighted by molar-refractivity contribution is 9.10. The van der Waals surface area contributed by atoms with Crippen molar-refractivity contribution in [2.75, 3.05) is 0 Å². The molecule has 0 aliphatic heterocycles. The number of halogens is 1. The predicted octanol–water partition coefficient (Wildman–Crippen LogP) is 3.67. The summed E-state index contributed by atoms with van der Waals surface area (Å²) < 4.78 is 34.6. The first-order valence-corrected chi connectivity index (χ1v) is 10.3. The molecule has 1 aromatic heterocycles. The predicted molar refractivity (Wildman–Crippen MR) is 92.9 cm³/mol. The Balaban J connectivity index is 2.00. The Morgan fingerprint density at radius 1 is 1.21 bits per heavy atom. The van der Waals surface area contributed by atoms with Crippen LogP contribution in [0.15, 0.2) is 38.2 Å². The summed E-state index contributed by atoms with van der Waals surface area (Å²) in [6, 6.07) is 6.67. The molecule has 1 heterocycles. The first-order valence-electron chi connectivity index (χ1n) is 8.02. The van der Waals surface area contributed by atoms with Gasteiger partial charge in [-0.1, -0.05) is 52.8 Å². The first kappa shape index (κ1) is 17.6. The zero-order valence-electron chi connectivity index (χ0n) is 13.5. The molecule has 0 saturated heterocycles. The minimum Gasteiger partial charge on any atom is -0.340 e. The monoisotopic (exact) mass is 413 g/mol. The first-order chi connectivity index (χ1) is 11.4. The molecule has 0 atom stereocenters. The SMILES string of the molecule is Cc1nc(C2(NS(=O)(=O)c3cccc(Br)c3)CCCCCC2)no1. The molecule has 0 bridgehead atoms. The van der Waals surface area contributed by atoms with Crippen LogP contribution in [0.4, 0.5) is 0 Å². The lowest BCUT2D eigenvalue weighted by molar-refractivity contribution is 0.301. The van der Waals surface area contributed by atoms with Crippen LogP contribution >= 0.6 is 15.9 Å². The molecule has 2 aromatic rings. The van der Waals surface area contributed by atoms with E-state index in [4.69, 9.17) is 4.52 Å². The number of rotatable bonds is 4. The maximum atomic E-state index is 12.9. The van der Waals surface area contributed by atoms with E-state index in [1.165, 1.54) is 0 Å². The van der Waals surface area contributed by atoms with Crippen LogP contribution in [0.5, 0.6) is 0 Å². The third kappa shape index (κ3) is 3.70. The van der Waals surface area contributed by atoms with Crippen molar-refractivity contribution in [1.82, 2.24) is 14.9 Å². The number of aromatic nitrogens is 2. The minimum atomic E-state index is -3.70. The van der Waals surface area contributed by atoms with Crippen LogP contribution in [0.25, 0.3) is 0 Å². The number of hydrogen-bond acceptors (Lipinski definition) is 5. The summed E-state index contributed by atoms with van der Waals surface area (Å²) >= 11 is 3.32. The summed E-state index contributed by atoms with van der Waals surface area (Å²) in [6.07, 6.45) is 5.34. The van der Waals surface area contributed by atoms with Gasteiger partial charge >= 0.3 is 0 Å². The summed E-state index contributed by atoms with van der Waals surface area (Å²) in [4.78, 5) is 4.55. The van der Waals surface area contributed by atoms with Gasteiger partial charge in [0.25, 0.3) is 0 Å². The minimum absolute atomic E-state index is 0.223. The highest BCUT2D eigenvalue weighted by Gasteiger charge is 2.41. The second-order valence-corrected chi connectivity index (χ2v) is 8.79. The molecule has 1 N–H and O–H groups in total. The number of aryl methyl sites for hydroxylation is 1. The van der Waals surface area contributed by atoms with Crippen molar-refractivity contribution >= 4 is 26.0 Å². The van der Waals surface area contributed by atoms with Crippen molar-refractivity contribution in [3.05, 3.63) is 40.5 Å². The number of hydrogen-bond donors (Lipinski definition) is 1. The summed E-state index contributed by atoms with van der Waals surface area (Å²) in [5.74, 6) is 0.871. The van der Waals surface area contributed by atoms with Gasteiger partial charge < -0.3 is 4.52 Å². The number of benzene rings is 1. The lowest BCUT2D eigenvalue weighted by Crippen LogP contribution is -2.46. The van der Waals surface area contributed by atoms with Crippen LogP contribution in [0.3, 0.4) is 0 Å². The summed E-state index contributed by atoms with van der Waals surface area (Å²) in [6.45, 7) is 1.71. The molecule has 1 fully saturated rings. The van der Waals surface area contributed by atoms with Crippen LogP contribution in [-0.4, -0.2) is 18.6 Å². The topological polar surface area (TPSA) is 85.1 Å². The third-order valence-corrected chi connectivity index (χ3v) is 6.38. The van der Waals surface area contributed by atoms with Crippen molar-refractivity contribution in [2.24, 2.45) is 0 Å². The van der Waals surface area contributed by atoms with Crippen LogP contribution in [0, 0.1) is 6.92 Å². The largest absolute Gasteiger partial charge is 0.340 e. The van der Waals surface area contributed by atoms with Gasteiger partial charge in [-0.25, -0.2) is 8.42 Å². The zero-order valence-corrected chi connectivity index (χ0v) is 15.9. The van der Waals surface area contributed by atoms with Gasteiger partial charge in [-0.15, -0.1) is 0 Å². The maximum absolute atomic E-state index is 12.9. The molecule has 8 heteroatoms. The van der Waals surface area contributed by atoms with E-state index < -0.39 is 15.6 Å². The average Bonchev–Trinajstić information content (AvgIpc) is 2.84. The van der Waals surface area contributed by atoms with E-state index in [9.17, 15) is 8.42 Å². The molecule has 1 aliphatic rings. The Kier molecular flexibility index (Phi) is 5.08. The Morgan fingerprint density at radius 3 is 2.50 bits per heavy atom. The number of sulfonamides is 1. The molecular weight excluding hydrogens is 394 g/mol. The second kappa shape index (κ2) is 6.93. The fourth-order valence-corrected chi connectivity index (χ4v) is 5.17. The van der Waals surface area contributed by atoms with Gasteiger partial charge in [0.1, 0.15) is 0 Å². The Hall–Kier alpha value is -1.25. The summed E-state index contributed by atoms with van der Waals surface area (Å²) in [5.41, 5.74) is -0.810. The standard InChI is InChI=1S/C16H20BrN3O3S/c1-12-18-15(19-23-12)16(9-4-2-3-5-10-16)20-24(21,22)14-8-6-7-13(17)11-14/h6-8,11,20H,2-5,9-10H2,1H3. The van der Waals surface area contributed by atoms with Gasteiger partial charge in [-0.3, -0.25) is 0 Å². The van der Waals surface area contributed by atoms with Gasteiger partial charge in [-0.2, -0.15) is 9.71 Å². The van der Waals surface area contributed by atoms with Gasteiger partial charge in [0, 0.05) is 11.4 Å². The van der Waals surface area contributed by atoms with Crippen molar-refractivity contribution in [1.29, 1.82) is 0 Å². The molecule has 0 radical (unpaired) electrons. The fourth-order valence-electron chi connectivity index (χ4n) is 3.15. The number of nitrogens with one attached hydrogen (secondary N) is 1. The highest BCUT2D eigenvalue weighted by atomic mass is 79.9. The Labute approximate surface area is 150 Å². The van der Waals surface area contributed by atoms with Crippen molar-refractivity contribution < 1.29 is 12.9 Å². The van der Waals surface area contributed by atoms with E-state index in [1.54, 1.807) is 31.2 Å². The van der Waals surface area contributed by atoms with Crippen LogP contribution < -0.4 is 4.72 Å². The van der Waals surface area contributed by atoms with Crippen LogP contribution in [0.2, 0.25) is 0 Å². The van der Waals surface area contributed by atoms with E-state index in [-0.39, 0.29) is 4.90 Å². The molecule has 24 heavy (non-hydrogen) atoms. The molecule has 6 nitrogen and oxygen atoms in total. The van der Waals surface area contributed by atoms with Crippen molar-refractivity contribution in [2.45, 2.75) is 55.9 Å². The third-order valence-electron chi connectivity index (χ3n) is 4.35. The van der Waals surface area contributed by atoms with Crippen LogP contribution in [-0.2, 0) is 15.6 Å². The van der Waals surface area contributed by atoms with Crippen LogP contribution in [0.1, 0.15) is 50.2 Å². The van der Waals surface area contributed by atoms with Gasteiger partial charge in [0.2, 0.25) is 15.9 Å². The van der Waals surface area contributed by atoms with E-state index in [1.807, 2.05) is 0 Å². The fraction of sp³-hybridized carbons (Fsp3) is 0.500. The second-order valence-electron chi connectivity index (χ2n) is 6.20. The van der Waals surface area contributed by atoms with E-state index in [0.29, 0.717) is 24.6 Å². The smallest absolute Gasteiger partial charge is 0.241 e. The van der Waals surface area contributed by atoms with Gasteiger partial charge in [-0.05, 0) is 31.0 Å². The van der Waals surface area contributed by atoms with Crippen molar-refractivity contribution in [3.63, 3.8) is 0 Å². The molecular formula is C16H20BrN3O3S. The van der Waals surface area contributed by atoms with Crippen molar-refractivity contribution in [3.8, 4) is 0 Å². The van der Waals surface area contributed by atoms with E-state index >= 15 is 0 Å². The zero-order chi connectivity index (χ0) is 17.2. The van der Waals surface area contributed by atoms with E-state index in [0.717, 1.165) is 30.2 Å². The molecule has 1 saturated carbocycles. The average molecular weight is 414 g/mol. The molecule has 1 aromatic carbocycles. The quantitative estimate of drug-likeness (QED) is 0.772. The molecule has 0 unspecified atom stereocenters. The molecule has 0 spiro atoms. The Bertz CT molecular complexity index is 811. The Morgan fingerprint density at radius 2 is 1.92 bits per heavy atom. The number of nitrogens with zero attached hydrogens (tertiary/aromatic N) is 2.